The van der Waals surface area contributed by atoms with Gasteiger partial charge in [-0.15, -0.1) is 11.3 Å². The first-order chi connectivity index (χ1) is 8.84. The van der Waals surface area contributed by atoms with Crippen LogP contribution in [0.4, 0.5) is 0 Å². The summed E-state index contributed by atoms with van der Waals surface area (Å²) < 4.78 is 5.29. The highest BCUT2D eigenvalue weighted by atomic mass is 32.1. The molecular formula is C11H15N5OS. The number of nitrogens with one attached hydrogen (secondary N) is 1. The zero-order valence-electron chi connectivity index (χ0n) is 10.2. The minimum Gasteiger partial charge on any atom is -0.333 e. The Hall–Kier alpha value is -1.31. The summed E-state index contributed by atoms with van der Waals surface area (Å²) in [5.74, 6) is 1.31. The minimum atomic E-state index is 0.192. The van der Waals surface area contributed by atoms with Crippen molar-refractivity contribution in [3.8, 4) is 10.8 Å². The van der Waals surface area contributed by atoms with Crippen molar-refractivity contribution >= 4 is 11.3 Å². The van der Waals surface area contributed by atoms with Crippen molar-refractivity contribution in [2.75, 3.05) is 26.2 Å². The van der Waals surface area contributed by atoms with E-state index in [-0.39, 0.29) is 6.04 Å². The van der Waals surface area contributed by atoms with Gasteiger partial charge in [-0.1, -0.05) is 5.16 Å². The Bertz CT molecular complexity index is 491. The maximum atomic E-state index is 5.29. The number of piperazine rings is 1. The summed E-state index contributed by atoms with van der Waals surface area (Å²) in [5, 5.41) is 7.41. The molecule has 1 saturated heterocycles. The van der Waals surface area contributed by atoms with Crippen LogP contribution in [0.25, 0.3) is 10.8 Å². The molecule has 3 heterocycles. The van der Waals surface area contributed by atoms with Gasteiger partial charge in [-0.3, -0.25) is 9.88 Å². The molecule has 0 spiro atoms. The number of hydrogen-bond acceptors (Lipinski definition) is 7. The largest absolute Gasteiger partial charge is 0.333 e. The highest BCUT2D eigenvalue weighted by molar-refractivity contribution is 7.13. The highest BCUT2D eigenvalue weighted by Gasteiger charge is 2.22. The number of rotatable bonds is 3. The molecule has 0 bridgehead atoms. The van der Waals surface area contributed by atoms with Crippen LogP contribution in [0.1, 0.15) is 18.8 Å². The number of nitrogens with zero attached hydrogens (tertiary/aromatic N) is 4. The molecule has 7 heteroatoms. The first-order valence-corrected chi connectivity index (χ1v) is 6.90. The molecule has 1 atom stereocenters. The molecule has 96 valence electrons. The number of thiazole rings is 1. The normalized spacial score (nSPS) is 18.9. The number of aromatic nitrogens is 3. The SMILES string of the molecule is CC(c1noc(-c2cncs2)n1)N1CCNCC1. The summed E-state index contributed by atoms with van der Waals surface area (Å²) in [6.07, 6.45) is 1.75. The third-order valence-electron chi connectivity index (χ3n) is 3.16. The van der Waals surface area contributed by atoms with Gasteiger partial charge in [-0.2, -0.15) is 4.98 Å². The Balaban J connectivity index is 1.76. The van der Waals surface area contributed by atoms with Crippen LogP contribution in [0.3, 0.4) is 0 Å². The predicted molar refractivity (Wildman–Crippen MR) is 68.3 cm³/mol. The fraction of sp³-hybridized carbons (Fsp3) is 0.545. The molecule has 0 amide bonds. The van der Waals surface area contributed by atoms with Crippen molar-refractivity contribution in [3.05, 3.63) is 17.5 Å². The van der Waals surface area contributed by atoms with E-state index in [1.165, 1.54) is 11.3 Å². The highest BCUT2D eigenvalue weighted by Crippen LogP contribution is 2.24. The second kappa shape index (κ2) is 5.13. The first-order valence-electron chi connectivity index (χ1n) is 6.02. The van der Waals surface area contributed by atoms with Gasteiger partial charge in [0.25, 0.3) is 5.89 Å². The molecular weight excluding hydrogens is 250 g/mol. The molecule has 1 N–H and O–H groups in total. The second-order valence-corrected chi connectivity index (χ2v) is 5.17. The van der Waals surface area contributed by atoms with E-state index in [4.69, 9.17) is 4.52 Å². The average molecular weight is 265 g/mol. The fourth-order valence-electron chi connectivity index (χ4n) is 2.06. The molecule has 1 aliphatic heterocycles. The molecule has 1 unspecified atom stereocenters. The summed E-state index contributed by atoms with van der Waals surface area (Å²) in [4.78, 5) is 11.7. The zero-order valence-corrected chi connectivity index (χ0v) is 11.0. The molecule has 0 aliphatic carbocycles. The Morgan fingerprint density at radius 3 is 3.00 bits per heavy atom. The fourth-order valence-corrected chi connectivity index (χ4v) is 2.60. The molecule has 18 heavy (non-hydrogen) atoms. The Morgan fingerprint density at radius 1 is 1.44 bits per heavy atom. The van der Waals surface area contributed by atoms with Crippen LogP contribution >= 0.6 is 11.3 Å². The van der Waals surface area contributed by atoms with E-state index >= 15 is 0 Å². The summed E-state index contributed by atoms with van der Waals surface area (Å²) >= 11 is 1.51. The van der Waals surface area contributed by atoms with Crippen LogP contribution < -0.4 is 5.32 Å². The van der Waals surface area contributed by atoms with Gasteiger partial charge in [0.15, 0.2) is 5.82 Å². The van der Waals surface area contributed by atoms with E-state index in [9.17, 15) is 0 Å². The Morgan fingerprint density at radius 2 is 2.28 bits per heavy atom. The molecule has 6 nitrogen and oxygen atoms in total. The Labute approximate surface area is 109 Å². The van der Waals surface area contributed by atoms with Crippen molar-refractivity contribution in [2.24, 2.45) is 0 Å². The van der Waals surface area contributed by atoms with E-state index in [0.29, 0.717) is 5.89 Å². The van der Waals surface area contributed by atoms with E-state index in [1.54, 1.807) is 11.7 Å². The molecule has 2 aromatic rings. The Kier molecular flexibility index (Phi) is 3.35. The van der Waals surface area contributed by atoms with E-state index in [2.05, 4.69) is 32.3 Å². The van der Waals surface area contributed by atoms with Gasteiger partial charge in [0.05, 0.1) is 17.7 Å². The van der Waals surface area contributed by atoms with Crippen LogP contribution in [0.5, 0.6) is 0 Å². The molecule has 3 rings (SSSR count). The third kappa shape index (κ3) is 2.29. The van der Waals surface area contributed by atoms with Crippen LogP contribution in [-0.2, 0) is 0 Å². The lowest BCUT2D eigenvalue weighted by molar-refractivity contribution is 0.176. The minimum absolute atomic E-state index is 0.192. The third-order valence-corrected chi connectivity index (χ3v) is 3.92. The summed E-state index contributed by atoms with van der Waals surface area (Å²) in [5.41, 5.74) is 1.76. The van der Waals surface area contributed by atoms with Gasteiger partial charge in [-0.05, 0) is 6.92 Å². The molecule has 1 aliphatic rings. The lowest BCUT2D eigenvalue weighted by Gasteiger charge is -2.30. The monoisotopic (exact) mass is 265 g/mol. The van der Waals surface area contributed by atoms with Crippen LogP contribution in [-0.4, -0.2) is 46.2 Å². The quantitative estimate of drug-likeness (QED) is 0.898. The van der Waals surface area contributed by atoms with E-state index in [1.807, 2.05) is 0 Å². The van der Waals surface area contributed by atoms with E-state index < -0.39 is 0 Å². The molecule has 0 radical (unpaired) electrons. The van der Waals surface area contributed by atoms with Crippen molar-refractivity contribution in [3.63, 3.8) is 0 Å². The van der Waals surface area contributed by atoms with Crippen molar-refractivity contribution in [1.82, 2.24) is 25.3 Å². The zero-order chi connectivity index (χ0) is 12.4. The lowest BCUT2D eigenvalue weighted by atomic mass is 10.2. The van der Waals surface area contributed by atoms with Gasteiger partial charge in [0.2, 0.25) is 0 Å². The topological polar surface area (TPSA) is 67.1 Å². The van der Waals surface area contributed by atoms with Crippen LogP contribution in [0.15, 0.2) is 16.2 Å². The van der Waals surface area contributed by atoms with Gasteiger partial charge in [0.1, 0.15) is 4.88 Å². The average Bonchev–Trinajstić information content (AvgIpc) is 3.09. The van der Waals surface area contributed by atoms with E-state index in [0.717, 1.165) is 36.9 Å². The van der Waals surface area contributed by atoms with Crippen molar-refractivity contribution in [2.45, 2.75) is 13.0 Å². The van der Waals surface area contributed by atoms with Crippen molar-refractivity contribution in [1.29, 1.82) is 0 Å². The van der Waals surface area contributed by atoms with Gasteiger partial charge in [-0.25, -0.2) is 0 Å². The molecule has 0 saturated carbocycles. The maximum absolute atomic E-state index is 5.29. The van der Waals surface area contributed by atoms with Gasteiger partial charge >= 0.3 is 0 Å². The molecule has 1 fully saturated rings. The first kappa shape index (κ1) is 11.8. The molecule has 2 aromatic heterocycles. The summed E-state index contributed by atoms with van der Waals surface area (Å²) in [6.45, 7) is 6.19. The maximum Gasteiger partial charge on any atom is 0.269 e. The van der Waals surface area contributed by atoms with Crippen molar-refractivity contribution < 1.29 is 4.52 Å². The van der Waals surface area contributed by atoms with Crippen LogP contribution in [0, 0.1) is 0 Å². The van der Waals surface area contributed by atoms with Crippen LogP contribution in [0.2, 0.25) is 0 Å². The predicted octanol–water partition coefficient (Wildman–Crippen LogP) is 1.16. The summed E-state index contributed by atoms with van der Waals surface area (Å²) in [7, 11) is 0. The second-order valence-electron chi connectivity index (χ2n) is 4.29. The lowest BCUT2D eigenvalue weighted by Crippen LogP contribution is -2.44. The molecule has 0 aromatic carbocycles. The summed E-state index contributed by atoms with van der Waals surface area (Å²) in [6, 6.07) is 0.192. The standard InChI is InChI=1S/C11H15N5OS/c1-8(16-4-2-12-3-5-16)10-14-11(17-15-10)9-6-13-7-18-9/h6-8,12H,2-5H2,1H3. The van der Waals surface area contributed by atoms with Gasteiger partial charge < -0.3 is 9.84 Å². The van der Waals surface area contributed by atoms with Gasteiger partial charge in [0, 0.05) is 26.2 Å². The smallest absolute Gasteiger partial charge is 0.269 e. The number of hydrogen-bond donors (Lipinski definition) is 1.